The number of anilines is 1. The fraction of sp³-hybridized carbons (Fsp3) is 0.381. The van der Waals surface area contributed by atoms with Crippen molar-refractivity contribution < 1.29 is 23.8 Å². The lowest BCUT2D eigenvalue weighted by Gasteiger charge is -2.26. The molecule has 0 bridgehead atoms. The van der Waals surface area contributed by atoms with Gasteiger partial charge in [-0.2, -0.15) is 0 Å². The Morgan fingerprint density at radius 2 is 1.54 bits per heavy atom. The second kappa shape index (κ2) is 9.21. The van der Waals surface area contributed by atoms with Crippen molar-refractivity contribution in [3.05, 3.63) is 41.1 Å². The van der Waals surface area contributed by atoms with Gasteiger partial charge in [-0.15, -0.1) is 0 Å². The first-order valence-corrected chi connectivity index (χ1v) is 9.03. The average Bonchev–Trinajstić information content (AvgIpc) is 2.73. The van der Waals surface area contributed by atoms with Crippen molar-refractivity contribution in [2.24, 2.45) is 0 Å². The number of hydrogen-bond acceptors (Lipinski definition) is 7. The maximum absolute atomic E-state index is 12.5. The fourth-order valence-corrected chi connectivity index (χ4v) is 3.14. The molecule has 0 aliphatic carbocycles. The summed E-state index contributed by atoms with van der Waals surface area (Å²) < 4.78 is 15.0. The van der Waals surface area contributed by atoms with Crippen LogP contribution in [0.15, 0.2) is 24.3 Å². The lowest BCUT2D eigenvalue weighted by molar-refractivity contribution is 0.0549. The highest BCUT2D eigenvalue weighted by Crippen LogP contribution is 2.36. The van der Waals surface area contributed by atoms with E-state index in [4.69, 9.17) is 14.2 Å². The number of carbonyl (C=O) groups excluding carboxylic acids is 2. The van der Waals surface area contributed by atoms with E-state index < -0.39 is 11.9 Å². The monoisotopic (exact) mass is 386 g/mol. The number of benzene rings is 1. The summed E-state index contributed by atoms with van der Waals surface area (Å²) in [5.74, 6) is 0.0169. The predicted octanol–water partition coefficient (Wildman–Crippen LogP) is 3.49. The normalized spacial score (nSPS) is 10.4. The van der Waals surface area contributed by atoms with E-state index in [2.05, 4.69) is 4.98 Å². The predicted molar refractivity (Wildman–Crippen MR) is 107 cm³/mol. The van der Waals surface area contributed by atoms with Gasteiger partial charge < -0.3 is 19.1 Å². The number of nitrogens with zero attached hydrogens (tertiary/aromatic N) is 2. The quantitative estimate of drug-likeness (QED) is 0.674. The van der Waals surface area contributed by atoms with Crippen molar-refractivity contribution in [1.82, 2.24) is 4.98 Å². The topological polar surface area (TPSA) is 78.0 Å². The molecule has 2 rings (SSSR count). The highest BCUT2D eigenvalue weighted by atomic mass is 16.5. The molecule has 0 aliphatic rings. The van der Waals surface area contributed by atoms with Crippen LogP contribution < -0.4 is 9.64 Å². The van der Waals surface area contributed by atoms with Crippen molar-refractivity contribution in [3.63, 3.8) is 0 Å². The number of carbonyl (C=O) groups is 2. The molecular formula is C21H26N2O5. The Morgan fingerprint density at radius 3 is 2.00 bits per heavy atom. The van der Waals surface area contributed by atoms with Crippen LogP contribution in [0.4, 0.5) is 5.82 Å². The molecule has 0 spiro atoms. The number of esters is 2. The number of pyridine rings is 1. The standard InChI is InChI=1S/C21H26N2O5/c1-7-23(8-2)19-16(14-9-11-15(26-4)12-10-14)13(3)17(20(24)27-5)18(22-19)21(25)28-6/h9-12H,7-8H2,1-6H3. The summed E-state index contributed by atoms with van der Waals surface area (Å²) >= 11 is 0. The van der Waals surface area contributed by atoms with Gasteiger partial charge in [0.15, 0.2) is 5.69 Å². The number of rotatable bonds is 7. The Labute approximate surface area is 165 Å². The Hall–Kier alpha value is -3.09. The summed E-state index contributed by atoms with van der Waals surface area (Å²) in [5.41, 5.74) is 2.28. The van der Waals surface area contributed by atoms with E-state index in [-0.39, 0.29) is 11.3 Å². The summed E-state index contributed by atoms with van der Waals surface area (Å²) in [6, 6.07) is 7.48. The Kier molecular flexibility index (Phi) is 6.98. The number of hydrogen-bond donors (Lipinski definition) is 0. The van der Waals surface area contributed by atoms with Crippen LogP contribution in [-0.4, -0.2) is 51.3 Å². The van der Waals surface area contributed by atoms with E-state index >= 15 is 0 Å². The van der Waals surface area contributed by atoms with Gasteiger partial charge >= 0.3 is 11.9 Å². The lowest BCUT2D eigenvalue weighted by atomic mass is 9.95. The van der Waals surface area contributed by atoms with Crippen molar-refractivity contribution >= 4 is 17.8 Å². The van der Waals surface area contributed by atoms with Gasteiger partial charge in [-0.3, -0.25) is 0 Å². The SMILES string of the molecule is CCN(CC)c1nc(C(=O)OC)c(C(=O)OC)c(C)c1-c1ccc(OC)cc1. The van der Waals surface area contributed by atoms with Crippen molar-refractivity contribution in [1.29, 1.82) is 0 Å². The molecule has 0 saturated heterocycles. The van der Waals surface area contributed by atoms with E-state index in [1.807, 2.05) is 43.0 Å². The Balaban J connectivity index is 2.89. The summed E-state index contributed by atoms with van der Waals surface area (Å²) in [5, 5.41) is 0. The molecule has 0 amide bonds. The van der Waals surface area contributed by atoms with E-state index in [0.29, 0.717) is 24.5 Å². The van der Waals surface area contributed by atoms with Gasteiger partial charge in [-0.05, 0) is 44.0 Å². The molecule has 0 atom stereocenters. The molecule has 7 heteroatoms. The zero-order valence-electron chi connectivity index (χ0n) is 17.2. The molecule has 28 heavy (non-hydrogen) atoms. The molecule has 2 aromatic rings. The van der Waals surface area contributed by atoms with Crippen LogP contribution in [0.25, 0.3) is 11.1 Å². The molecule has 0 saturated carbocycles. The zero-order valence-corrected chi connectivity index (χ0v) is 17.2. The van der Waals surface area contributed by atoms with Crippen LogP contribution in [0.1, 0.15) is 40.3 Å². The minimum atomic E-state index is -0.682. The van der Waals surface area contributed by atoms with Crippen LogP contribution in [0.3, 0.4) is 0 Å². The maximum Gasteiger partial charge on any atom is 0.357 e. The third kappa shape index (κ3) is 3.93. The van der Waals surface area contributed by atoms with Crippen LogP contribution in [0.5, 0.6) is 5.75 Å². The highest BCUT2D eigenvalue weighted by Gasteiger charge is 2.29. The van der Waals surface area contributed by atoms with Crippen LogP contribution in [-0.2, 0) is 9.47 Å². The van der Waals surface area contributed by atoms with Crippen molar-refractivity contribution in [2.45, 2.75) is 20.8 Å². The largest absolute Gasteiger partial charge is 0.497 e. The molecule has 1 heterocycles. The van der Waals surface area contributed by atoms with Crippen LogP contribution in [0, 0.1) is 6.92 Å². The first-order chi connectivity index (χ1) is 13.4. The van der Waals surface area contributed by atoms with Crippen LogP contribution >= 0.6 is 0 Å². The Morgan fingerprint density at radius 1 is 0.964 bits per heavy atom. The fourth-order valence-electron chi connectivity index (χ4n) is 3.14. The minimum Gasteiger partial charge on any atom is -0.497 e. The molecule has 0 radical (unpaired) electrons. The van der Waals surface area contributed by atoms with E-state index in [1.54, 1.807) is 14.0 Å². The maximum atomic E-state index is 12.5. The van der Waals surface area contributed by atoms with Crippen molar-refractivity contribution in [2.75, 3.05) is 39.3 Å². The Bertz CT molecular complexity index is 858. The van der Waals surface area contributed by atoms with Gasteiger partial charge in [0.1, 0.15) is 11.6 Å². The number of ether oxygens (including phenoxy) is 3. The molecular weight excluding hydrogens is 360 g/mol. The zero-order chi connectivity index (χ0) is 20.8. The van der Waals surface area contributed by atoms with Crippen molar-refractivity contribution in [3.8, 4) is 16.9 Å². The minimum absolute atomic E-state index is 0.0500. The van der Waals surface area contributed by atoms with Gasteiger partial charge in [0.05, 0.1) is 26.9 Å². The smallest absolute Gasteiger partial charge is 0.357 e. The van der Waals surface area contributed by atoms with Gasteiger partial charge in [-0.25, -0.2) is 14.6 Å². The molecule has 1 aromatic heterocycles. The van der Waals surface area contributed by atoms with Gasteiger partial charge in [0.2, 0.25) is 0 Å². The summed E-state index contributed by atoms with van der Waals surface area (Å²) in [7, 11) is 4.13. The van der Waals surface area contributed by atoms with Gasteiger partial charge in [0, 0.05) is 18.7 Å². The summed E-state index contributed by atoms with van der Waals surface area (Å²) in [6.07, 6.45) is 0. The lowest BCUT2D eigenvalue weighted by Crippen LogP contribution is -2.27. The first kappa shape index (κ1) is 21.2. The summed E-state index contributed by atoms with van der Waals surface area (Å²) in [6.45, 7) is 7.16. The highest BCUT2D eigenvalue weighted by molar-refractivity contribution is 6.05. The summed E-state index contributed by atoms with van der Waals surface area (Å²) in [4.78, 5) is 31.4. The molecule has 7 nitrogen and oxygen atoms in total. The van der Waals surface area contributed by atoms with Crippen LogP contribution in [0.2, 0.25) is 0 Å². The average molecular weight is 386 g/mol. The molecule has 1 aromatic carbocycles. The number of methoxy groups -OCH3 is 3. The molecule has 0 aliphatic heterocycles. The van der Waals surface area contributed by atoms with E-state index in [1.165, 1.54) is 14.2 Å². The molecule has 0 fully saturated rings. The second-order valence-corrected chi connectivity index (χ2v) is 6.04. The first-order valence-electron chi connectivity index (χ1n) is 9.03. The third-order valence-corrected chi connectivity index (χ3v) is 4.64. The number of aromatic nitrogens is 1. The molecule has 0 unspecified atom stereocenters. The van der Waals surface area contributed by atoms with Gasteiger partial charge in [-0.1, -0.05) is 12.1 Å². The molecule has 150 valence electrons. The second-order valence-electron chi connectivity index (χ2n) is 6.04. The van der Waals surface area contributed by atoms with Gasteiger partial charge in [0.25, 0.3) is 0 Å². The third-order valence-electron chi connectivity index (χ3n) is 4.64. The van der Waals surface area contributed by atoms with E-state index in [9.17, 15) is 9.59 Å². The van der Waals surface area contributed by atoms with E-state index in [0.717, 1.165) is 16.9 Å². The molecule has 0 N–H and O–H groups in total.